The molecule has 0 radical (unpaired) electrons. The van der Waals surface area contributed by atoms with E-state index in [0.717, 1.165) is 48.7 Å². The number of halogens is 3. The van der Waals surface area contributed by atoms with E-state index < -0.39 is 12.0 Å². The maximum atomic E-state index is 11.5. The zero-order valence-electron chi connectivity index (χ0n) is 27.0. The zero-order chi connectivity index (χ0) is 36.9. The van der Waals surface area contributed by atoms with Crippen molar-refractivity contribution < 1.29 is 19.9 Å². The van der Waals surface area contributed by atoms with E-state index in [1.165, 1.54) is 6.07 Å². The molecule has 0 saturated carbocycles. The molecular weight excluding hydrogens is 855 g/mol. The van der Waals surface area contributed by atoms with E-state index in [2.05, 4.69) is 59.9 Å². The molecule has 0 heterocycles. The monoisotopic (exact) mass is 878 g/mol. The van der Waals surface area contributed by atoms with Crippen molar-refractivity contribution in [2.75, 3.05) is 0 Å². The van der Waals surface area contributed by atoms with Gasteiger partial charge < -0.3 is 10.0 Å². The van der Waals surface area contributed by atoms with Crippen molar-refractivity contribution in [2.45, 2.75) is 0 Å². The molecule has 0 bridgehead atoms. The van der Waals surface area contributed by atoms with Crippen LogP contribution in [0.25, 0.3) is 54.2 Å². The van der Waals surface area contributed by atoms with Crippen LogP contribution in [0.15, 0.2) is 159 Å². The number of benzene rings is 8. The van der Waals surface area contributed by atoms with Crippen molar-refractivity contribution >= 4 is 115 Å². The van der Waals surface area contributed by atoms with Crippen molar-refractivity contribution in [3.63, 3.8) is 0 Å². The Balaban J connectivity index is 0.000000145. The molecule has 8 rings (SSSR count). The first-order valence-electron chi connectivity index (χ1n) is 15.7. The summed E-state index contributed by atoms with van der Waals surface area (Å²) in [5.41, 5.74) is 2.23. The first-order valence-corrected chi connectivity index (χ1v) is 18.1. The van der Waals surface area contributed by atoms with E-state index in [9.17, 15) is 30.3 Å². The number of nitrogens with zero attached hydrogens (tertiary/aromatic N) is 2. The highest BCUT2D eigenvalue weighted by Gasteiger charge is 2.19. The van der Waals surface area contributed by atoms with Gasteiger partial charge in [-0.2, -0.15) is 0 Å². The lowest BCUT2D eigenvalue weighted by molar-refractivity contribution is -0.385. The topological polar surface area (TPSA) is 127 Å². The van der Waals surface area contributed by atoms with Gasteiger partial charge in [0, 0.05) is 21.1 Å². The summed E-state index contributed by atoms with van der Waals surface area (Å²) >= 11 is 9.53. The van der Waals surface area contributed by atoms with Gasteiger partial charge in [-0.1, -0.05) is 135 Å². The van der Waals surface area contributed by atoms with Crippen LogP contribution in [0.3, 0.4) is 0 Å². The molecule has 8 nitrogen and oxygen atoms in total. The summed E-state index contributed by atoms with van der Waals surface area (Å²) in [6.45, 7) is 0. The zero-order valence-corrected chi connectivity index (χ0v) is 31.7. The van der Waals surface area contributed by atoms with Crippen LogP contribution >= 0.6 is 47.8 Å². The van der Waals surface area contributed by atoms with E-state index in [4.69, 9.17) is 0 Å². The lowest BCUT2D eigenvalue weighted by Crippen LogP contribution is -2.30. The summed E-state index contributed by atoms with van der Waals surface area (Å²) in [7, 11) is -1.44. The van der Waals surface area contributed by atoms with Gasteiger partial charge in [0.15, 0.2) is 0 Å². The van der Waals surface area contributed by atoms with Crippen LogP contribution in [0.2, 0.25) is 0 Å². The molecular formula is C40H26BBr3N2O6. The van der Waals surface area contributed by atoms with E-state index in [1.807, 2.05) is 103 Å². The fourth-order valence-electron chi connectivity index (χ4n) is 6.08. The lowest BCUT2D eigenvalue weighted by atomic mass is 9.76. The molecule has 0 saturated heterocycles. The summed E-state index contributed by atoms with van der Waals surface area (Å²) < 4.78 is 1.89. The second-order valence-electron chi connectivity index (χ2n) is 11.6. The number of hydrogen-bond acceptors (Lipinski definition) is 6. The number of hydrogen-bond donors (Lipinski definition) is 2. The fourth-order valence-corrected chi connectivity index (χ4v) is 7.17. The van der Waals surface area contributed by atoms with Crippen molar-refractivity contribution in [3.8, 4) is 11.1 Å². The molecule has 8 aromatic carbocycles. The Morgan fingerprint density at radius 3 is 1.44 bits per heavy atom. The van der Waals surface area contributed by atoms with Gasteiger partial charge >= 0.3 is 7.12 Å². The molecule has 0 aliphatic carbocycles. The summed E-state index contributed by atoms with van der Waals surface area (Å²) in [5, 5.41) is 49.2. The molecule has 0 aromatic heterocycles. The third kappa shape index (κ3) is 7.91. The number of fused-ring (bicyclic) bond motifs is 6. The van der Waals surface area contributed by atoms with Crippen LogP contribution < -0.4 is 5.46 Å². The van der Waals surface area contributed by atoms with Gasteiger partial charge in [0.25, 0.3) is 11.4 Å². The van der Waals surface area contributed by atoms with Crippen molar-refractivity contribution in [2.24, 2.45) is 0 Å². The molecule has 0 amide bonds. The predicted octanol–water partition coefficient (Wildman–Crippen LogP) is 11.1. The highest BCUT2D eigenvalue weighted by atomic mass is 79.9. The minimum Gasteiger partial charge on any atom is -0.423 e. The maximum Gasteiger partial charge on any atom is 0.489 e. The summed E-state index contributed by atoms with van der Waals surface area (Å²) in [4.78, 5) is 21.1. The molecule has 0 atom stereocenters. The lowest BCUT2D eigenvalue weighted by Gasteiger charge is -2.11. The third-order valence-corrected chi connectivity index (χ3v) is 10.1. The molecule has 256 valence electrons. The van der Waals surface area contributed by atoms with Gasteiger partial charge in [-0.05, 0) is 100 Å². The van der Waals surface area contributed by atoms with Crippen LogP contribution in [0.5, 0.6) is 0 Å². The molecule has 52 heavy (non-hydrogen) atoms. The van der Waals surface area contributed by atoms with E-state index >= 15 is 0 Å². The van der Waals surface area contributed by atoms with Gasteiger partial charge in [0.2, 0.25) is 0 Å². The summed E-state index contributed by atoms with van der Waals surface area (Å²) in [5.74, 6) is 0. The van der Waals surface area contributed by atoms with Crippen LogP contribution in [0.4, 0.5) is 11.4 Å². The van der Waals surface area contributed by atoms with Gasteiger partial charge in [0.1, 0.15) is 0 Å². The smallest absolute Gasteiger partial charge is 0.423 e. The third-order valence-electron chi connectivity index (χ3n) is 8.40. The molecule has 0 aliphatic rings. The second-order valence-corrected chi connectivity index (χ2v) is 14.3. The SMILES string of the molecule is O=[N+]([O-])c1cc(Br)ccc1-c1cc2ccccc2c2ccccc12.O=[N+]([O-])c1cc(Br)ccc1Br.OB(O)c1cc2ccccc2c2ccccc12. The predicted molar refractivity (Wildman–Crippen MR) is 221 cm³/mol. The Kier molecular flexibility index (Phi) is 11.4. The van der Waals surface area contributed by atoms with Crippen molar-refractivity contribution in [3.05, 3.63) is 179 Å². The highest BCUT2D eigenvalue weighted by Crippen LogP contribution is 2.39. The summed E-state index contributed by atoms with van der Waals surface area (Å²) in [6, 6.07) is 45.8. The molecule has 0 aliphatic heterocycles. The quantitative estimate of drug-likeness (QED) is 0.0784. The van der Waals surface area contributed by atoms with Crippen LogP contribution in [-0.2, 0) is 0 Å². The van der Waals surface area contributed by atoms with Crippen LogP contribution in [0.1, 0.15) is 0 Å². The van der Waals surface area contributed by atoms with E-state index in [-0.39, 0.29) is 16.3 Å². The number of nitro benzene ring substituents is 2. The first-order chi connectivity index (χ1) is 25.0. The fraction of sp³-hybridized carbons (Fsp3) is 0. The Bertz CT molecular complexity index is 2640. The highest BCUT2D eigenvalue weighted by molar-refractivity contribution is 9.11. The molecule has 12 heteroatoms. The largest absolute Gasteiger partial charge is 0.489 e. The minimum atomic E-state index is -1.44. The van der Waals surface area contributed by atoms with Crippen LogP contribution in [0, 0.1) is 20.2 Å². The Morgan fingerprint density at radius 2 is 0.904 bits per heavy atom. The number of nitro groups is 2. The molecule has 8 aromatic rings. The molecule has 2 N–H and O–H groups in total. The van der Waals surface area contributed by atoms with Crippen LogP contribution in [-0.4, -0.2) is 27.0 Å². The van der Waals surface area contributed by atoms with Gasteiger partial charge in [-0.25, -0.2) is 0 Å². The van der Waals surface area contributed by atoms with Gasteiger partial charge in [0.05, 0.1) is 19.9 Å². The average molecular weight is 881 g/mol. The standard InChI is InChI=1S/C20H12BrNO2.C14H11BO2.C6H3Br2NO2/c21-14-9-10-18(20(12-14)22(23)24)19-11-13-5-1-2-6-15(13)16-7-3-4-8-17(16)19;16-15(17)14-9-10-5-1-2-6-11(10)12-7-3-4-8-13(12)14;7-4-1-2-5(8)6(3-4)9(10)11/h1-12H;1-9,16-17H;1-3H. The molecule has 0 spiro atoms. The molecule has 0 unspecified atom stereocenters. The minimum absolute atomic E-state index is 0.0689. The average Bonchev–Trinajstić information content (AvgIpc) is 3.15. The van der Waals surface area contributed by atoms with Crippen molar-refractivity contribution in [1.29, 1.82) is 0 Å². The normalized spacial score (nSPS) is 10.7. The summed E-state index contributed by atoms with van der Waals surface area (Å²) in [6.07, 6.45) is 0. The number of rotatable bonds is 4. The Morgan fingerprint density at radius 1 is 0.462 bits per heavy atom. The van der Waals surface area contributed by atoms with Gasteiger partial charge in [-0.3, -0.25) is 20.2 Å². The van der Waals surface area contributed by atoms with E-state index in [0.29, 0.717) is 24.4 Å². The van der Waals surface area contributed by atoms with Gasteiger partial charge in [-0.15, -0.1) is 0 Å². The van der Waals surface area contributed by atoms with Crippen molar-refractivity contribution in [1.82, 2.24) is 0 Å². The Hall–Kier alpha value is -4.98. The molecule has 0 fully saturated rings. The van der Waals surface area contributed by atoms with E-state index in [1.54, 1.807) is 24.3 Å². The first kappa shape index (κ1) is 36.8. The second kappa shape index (κ2) is 16.1. The Labute approximate surface area is 323 Å². The maximum absolute atomic E-state index is 11.5.